The molecule has 3 aromatic heterocycles. The standard InChI is InChI=1S/C26H27N5/c1-2-11-23-22(10-1)29-24(31(23)17-21-9-3-4-14-27-21)18-30-16-6-8-20-13-12-19-7-5-15-28-25(19)26(20)30/h1-5,7,9-11,14-15,20,26H,6,8,12-13,16-18H2. The molecular formula is C26H27N5. The normalized spacial score (nSPS) is 21.0. The molecule has 0 N–H and O–H groups in total. The van der Waals surface area contributed by atoms with Crippen LogP contribution in [-0.2, 0) is 19.5 Å². The van der Waals surface area contributed by atoms with E-state index in [0.717, 1.165) is 43.1 Å². The Morgan fingerprint density at radius 3 is 2.71 bits per heavy atom. The van der Waals surface area contributed by atoms with Crippen LogP contribution in [-0.4, -0.2) is 31.0 Å². The van der Waals surface area contributed by atoms with E-state index >= 15 is 0 Å². The molecule has 1 aliphatic carbocycles. The van der Waals surface area contributed by atoms with Crippen LogP contribution in [0.15, 0.2) is 67.0 Å². The minimum atomic E-state index is 0.404. The average molecular weight is 410 g/mol. The summed E-state index contributed by atoms with van der Waals surface area (Å²) in [6.07, 6.45) is 8.82. The number of likely N-dealkylation sites (tertiary alicyclic amines) is 1. The number of piperidine rings is 1. The predicted molar refractivity (Wildman–Crippen MR) is 122 cm³/mol. The largest absolute Gasteiger partial charge is 0.321 e. The van der Waals surface area contributed by atoms with E-state index in [1.165, 1.54) is 36.0 Å². The predicted octanol–water partition coefficient (Wildman–Crippen LogP) is 4.77. The van der Waals surface area contributed by atoms with Crippen LogP contribution < -0.4 is 0 Å². The highest BCUT2D eigenvalue weighted by atomic mass is 15.2. The molecule has 156 valence electrons. The van der Waals surface area contributed by atoms with E-state index in [9.17, 15) is 0 Å². The van der Waals surface area contributed by atoms with Crippen molar-refractivity contribution in [3.8, 4) is 0 Å². The smallest absolute Gasteiger partial charge is 0.124 e. The molecule has 1 fully saturated rings. The minimum Gasteiger partial charge on any atom is -0.321 e. The summed E-state index contributed by atoms with van der Waals surface area (Å²) in [6, 6.07) is 19.3. The molecule has 6 rings (SSSR count). The maximum atomic E-state index is 5.07. The number of aromatic nitrogens is 4. The minimum absolute atomic E-state index is 0.404. The summed E-state index contributed by atoms with van der Waals surface area (Å²) in [5.41, 5.74) is 6.03. The summed E-state index contributed by atoms with van der Waals surface area (Å²) < 4.78 is 2.35. The van der Waals surface area contributed by atoms with E-state index in [-0.39, 0.29) is 0 Å². The van der Waals surface area contributed by atoms with E-state index in [4.69, 9.17) is 9.97 Å². The Labute approximate surface area is 182 Å². The number of imidazole rings is 1. The molecule has 0 bridgehead atoms. The van der Waals surface area contributed by atoms with E-state index < -0.39 is 0 Å². The summed E-state index contributed by atoms with van der Waals surface area (Å²) in [6.45, 7) is 2.69. The van der Waals surface area contributed by atoms with Gasteiger partial charge in [0.2, 0.25) is 0 Å². The zero-order valence-corrected chi connectivity index (χ0v) is 17.7. The third kappa shape index (κ3) is 3.43. The Morgan fingerprint density at radius 2 is 1.77 bits per heavy atom. The lowest BCUT2D eigenvalue weighted by Gasteiger charge is -2.44. The molecule has 0 saturated carbocycles. The maximum Gasteiger partial charge on any atom is 0.124 e. The molecule has 5 nitrogen and oxygen atoms in total. The number of pyridine rings is 2. The van der Waals surface area contributed by atoms with Gasteiger partial charge >= 0.3 is 0 Å². The first kappa shape index (κ1) is 18.7. The number of nitrogens with zero attached hydrogens (tertiary/aromatic N) is 5. The fourth-order valence-electron chi connectivity index (χ4n) is 5.55. The van der Waals surface area contributed by atoms with Crippen molar-refractivity contribution in [3.05, 3.63) is 89.8 Å². The van der Waals surface area contributed by atoms with Crippen LogP contribution in [0.2, 0.25) is 0 Å². The number of hydrogen-bond acceptors (Lipinski definition) is 4. The van der Waals surface area contributed by atoms with Gasteiger partial charge in [-0.1, -0.05) is 24.3 Å². The van der Waals surface area contributed by atoms with Gasteiger partial charge in [-0.2, -0.15) is 0 Å². The molecule has 2 atom stereocenters. The Balaban J connectivity index is 1.38. The van der Waals surface area contributed by atoms with Crippen LogP contribution in [0.3, 0.4) is 0 Å². The molecule has 0 amide bonds. The van der Waals surface area contributed by atoms with Crippen molar-refractivity contribution in [3.63, 3.8) is 0 Å². The summed E-state index contributed by atoms with van der Waals surface area (Å²) >= 11 is 0. The van der Waals surface area contributed by atoms with Crippen molar-refractivity contribution in [2.75, 3.05) is 6.54 Å². The summed E-state index contributed by atoms with van der Waals surface area (Å²) in [5.74, 6) is 1.82. The lowest BCUT2D eigenvalue weighted by Crippen LogP contribution is -2.41. The number of fused-ring (bicyclic) bond motifs is 4. The lowest BCUT2D eigenvalue weighted by atomic mass is 9.77. The Kier molecular flexibility index (Phi) is 4.76. The van der Waals surface area contributed by atoms with Crippen molar-refractivity contribution in [1.82, 2.24) is 24.4 Å². The van der Waals surface area contributed by atoms with Crippen LogP contribution >= 0.6 is 0 Å². The molecule has 2 unspecified atom stereocenters. The van der Waals surface area contributed by atoms with Crippen molar-refractivity contribution in [2.45, 2.75) is 44.8 Å². The summed E-state index contributed by atoms with van der Waals surface area (Å²) in [5, 5.41) is 0. The lowest BCUT2D eigenvalue weighted by molar-refractivity contribution is 0.0665. The van der Waals surface area contributed by atoms with Gasteiger partial charge in [-0.25, -0.2) is 4.98 Å². The van der Waals surface area contributed by atoms with Gasteiger partial charge in [0.1, 0.15) is 5.82 Å². The fraction of sp³-hybridized carbons (Fsp3) is 0.346. The van der Waals surface area contributed by atoms with Crippen molar-refractivity contribution < 1.29 is 0 Å². The SMILES string of the molecule is c1ccc(Cn2c(CN3CCCC4CCc5cccnc5C43)nc3ccccc32)nc1. The highest BCUT2D eigenvalue weighted by molar-refractivity contribution is 5.76. The molecule has 31 heavy (non-hydrogen) atoms. The van der Waals surface area contributed by atoms with E-state index in [1.54, 1.807) is 0 Å². The zero-order chi connectivity index (χ0) is 20.6. The molecule has 1 saturated heterocycles. The number of para-hydroxylation sites is 2. The van der Waals surface area contributed by atoms with Crippen LogP contribution in [0.25, 0.3) is 11.0 Å². The second-order valence-corrected chi connectivity index (χ2v) is 8.83. The number of benzene rings is 1. The number of rotatable bonds is 4. The van der Waals surface area contributed by atoms with Gasteiger partial charge in [0.15, 0.2) is 0 Å². The second-order valence-electron chi connectivity index (χ2n) is 8.83. The van der Waals surface area contributed by atoms with Crippen LogP contribution in [0.1, 0.15) is 48.1 Å². The van der Waals surface area contributed by atoms with Crippen LogP contribution in [0.5, 0.6) is 0 Å². The maximum absolute atomic E-state index is 5.07. The molecule has 2 aliphatic rings. The Hall–Kier alpha value is -3.05. The highest BCUT2D eigenvalue weighted by Crippen LogP contribution is 2.43. The summed E-state index contributed by atoms with van der Waals surface area (Å²) in [7, 11) is 0. The molecule has 4 aromatic rings. The van der Waals surface area contributed by atoms with E-state index in [2.05, 4.69) is 63.0 Å². The van der Waals surface area contributed by atoms with Crippen molar-refractivity contribution in [1.29, 1.82) is 0 Å². The molecule has 0 spiro atoms. The quantitative estimate of drug-likeness (QED) is 0.487. The first-order chi connectivity index (χ1) is 15.4. The zero-order valence-electron chi connectivity index (χ0n) is 17.7. The van der Waals surface area contributed by atoms with Gasteiger partial charge in [0, 0.05) is 12.4 Å². The third-order valence-corrected chi connectivity index (χ3v) is 6.98. The van der Waals surface area contributed by atoms with Crippen LogP contribution in [0, 0.1) is 5.92 Å². The van der Waals surface area contributed by atoms with Gasteiger partial charge < -0.3 is 4.57 Å². The monoisotopic (exact) mass is 409 g/mol. The first-order valence-electron chi connectivity index (χ1n) is 11.4. The van der Waals surface area contributed by atoms with Gasteiger partial charge in [-0.05, 0) is 74.0 Å². The molecule has 4 heterocycles. The third-order valence-electron chi connectivity index (χ3n) is 6.98. The van der Waals surface area contributed by atoms with Crippen molar-refractivity contribution in [2.24, 2.45) is 5.92 Å². The number of hydrogen-bond donors (Lipinski definition) is 0. The second kappa shape index (κ2) is 7.89. The Morgan fingerprint density at radius 1 is 0.871 bits per heavy atom. The molecule has 1 aromatic carbocycles. The highest BCUT2D eigenvalue weighted by Gasteiger charge is 2.38. The van der Waals surface area contributed by atoms with Gasteiger partial charge in [0.25, 0.3) is 0 Å². The average Bonchev–Trinajstić information content (AvgIpc) is 3.16. The topological polar surface area (TPSA) is 46.8 Å². The van der Waals surface area contributed by atoms with Crippen molar-refractivity contribution >= 4 is 11.0 Å². The van der Waals surface area contributed by atoms with Gasteiger partial charge in [0.05, 0.1) is 41.6 Å². The molecule has 5 heteroatoms. The molecule has 1 aliphatic heterocycles. The number of aryl methyl sites for hydroxylation is 1. The first-order valence-corrected chi connectivity index (χ1v) is 11.4. The van der Waals surface area contributed by atoms with E-state index in [1.807, 2.05) is 18.5 Å². The summed E-state index contributed by atoms with van der Waals surface area (Å²) in [4.78, 5) is 17.1. The fourth-order valence-corrected chi connectivity index (χ4v) is 5.55. The van der Waals surface area contributed by atoms with Crippen LogP contribution in [0.4, 0.5) is 0 Å². The van der Waals surface area contributed by atoms with E-state index in [0.29, 0.717) is 12.0 Å². The van der Waals surface area contributed by atoms with Gasteiger partial charge in [-0.3, -0.25) is 14.9 Å². The molecule has 0 radical (unpaired) electrons. The Bertz CT molecular complexity index is 1200. The molecular weight excluding hydrogens is 382 g/mol. The van der Waals surface area contributed by atoms with Gasteiger partial charge in [-0.15, -0.1) is 0 Å².